The fourth-order valence-corrected chi connectivity index (χ4v) is 7.28. The van der Waals surface area contributed by atoms with E-state index in [-0.39, 0.29) is 0 Å². The molecule has 0 fully saturated rings. The van der Waals surface area contributed by atoms with Gasteiger partial charge < -0.3 is 0 Å². The molecule has 0 aliphatic heterocycles. The van der Waals surface area contributed by atoms with Gasteiger partial charge in [0.05, 0.1) is 16.7 Å². The quantitative estimate of drug-likeness (QED) is 0.205. The maximum absolute atomic E-state index is 5.31. The topological polar surface area (TPSA) is 38.7 Å². The van der Waals surface area contributed by atoms with E-state index >= 15 is 0 Å². The van der Waals surface area contributed by atoms with Crippen LogP contribution in [0.4, 0.5) is 0 Å². The Labute approximate surface area is 239 Å². The van der Waals surface area contributed by atoms with Crippen molar-refractivity contribution < 1.29 is 0 Å². The molecule has 0 atom stereocenters. The fourth-order valence-electron chi connectivity index (χ4n) is 6.16. The molecule has 0 bridgehead atoms. The number of para-hydroxylation sites is 2. The summed E-state index contributed by atoms with van der Waals surface area (Å²) in [6.45, 7) is 0. The van der Waals surface area contributed by atoms with Gasteiger partial charge in [-0.15, -0.1) is 11.3 Å². The van der Waals surface area contributed by atoms with Gasteiger partial charge in [-0.1, -0.05) is 97.1 Å². The van der Waals surface area contributed by atoms with Crippen LogP contribution in [-0.4, -0.2) is 15.0 Å². The van der Waals surface area contributed by atoms with Crippen molar-refractivity contribution in [3.63, 3.8) is 0 Å². The molecule has 0 unspecified atom stereocenters. The summed E-state index contributed by atoms with van der Waals surface area (Å²) in [5, 5.41) is 9.32. The van der Waals surface area contributed by atoms with Gasteiger partial charge in [0.15, 0.2) is 5.82 Å². The van der Waals surface area contributed by atoms with Crippen molar-refractivity contribution >= 4 is 74.9 Å². The summed E-state index contributed by atoms with van der Waals surface area (Å²) in [7, 11) is 0. The normalized spacial score (nSPS) is 11.9. The van der Waals surface area contributed by atoms with Crippen LogP contribution in [0.5, 0.6) is 0 Å². The Kier molecular flexibility index (Phi) is 4.77. The predicted molar refractivity (Wildman–Crippen MR) is 174 cm³/mol. The molecule has 6 aromatic carbocycles. The molecule has 41 heavy (non-hydrogen) atoms. The summed E-state index contributed by atoms with van der Waals surface area (Å²) in [4.78, 5) is 15.7. The summed E-state index contributed by atoms with van der Waals surface area (Å²) >= 11 is 1.82. The number of thiophene rings is 1. The number of hydrogen-bond acceptors (Lipinski definition) is 4. The van der Waals surface area contributed by atoms with Crippen LogP contribution in [0, 0.1) is 0 Å². The lowest BCUT2D eigenvalue weighted by atomic mass is 9.98. The number of fused-ring (bicyclic) bond motifs is 9. The summed E-state index contributed by atoms with van der Waals surface area (Å²) < 4.78 is 2.51. The number of aromatic nitrogens is 3. The van der Waals surface area contributed by atoms with Gasteiger partial charge in [0.1, 0.15) is 5.69 Å². The minimum absolute atomic E-state index is 0.644. The van der Waals surface area contributed by atoms with E-state index < -0.39 is 0 Å². The van der Waals surface area contributed by atoms with E-state index in [9.17, 15) is 0 Å². The van der Waals surface area contributed by atoms with Crippen LogP contribution in [0.2, 0.25) is 0 Å². The first-order valence-electron chi connectivity index (χ1n) is 13.7. The molecule has 9 rings (SSSR count). The lowest BCUT2D eigenvalue weighted by molar-refractivity contribution is 1.20. The van der Waals surface area contributed by atoms with Gasteiger partial charge in [0, 0.05) is 41.9 Å². The molecule has 0 saturated carbocycles. The maximum atomic E-state index is 5.31. The number of benzene rings is 6. The molecule has 3 aromatic heterocycles. The third-order valence-electron chi connectivity index (χ3n) is 8.04. The van der Waals surface area contributed by atoms with Crippen molar-refractivity contribution in [3.05, 3.63) is 127 Å². The van der Waals surface area contributed by atoms with E-state index in [1.807, 2.05) is 23.5 Å². The minimum atomic E-state index is 0.644. The van der Waals surface area contributed by atoms with Crippen LogP contribution in [0.3, 0.4) is 0 Å². The first-order valence-corrected chi connectivity index (χ1v) is 14.5. The molecule has 0 spiro atoms. The Balaban J connectivity index is 1.44. The first-order chi connectivity index (χ1) is 20.3. The number of pyridine rings is 1. The van der Waals surface area contributed by atoms with E-state index in [1.165, 1.54) is 36.3 Å². The molecule has 0 saturated heterocycles. The van der Waals surface area contributed by atoms with Crippen molar-refractivity contribution in [3.8, 4) is 22.8 Å². The first kappa shape index (κ1) is 22.6. The standard InChI is InChI=1S/C37H21N3S/c1-2-10-23-21-24(18-17-22(23)9-1)35-27-12-4-7-15-30(27)39-37(40-35)36-34-26(25-11-3-6-14-29(25)38-36)19-20-32-33(34)28-13-5-8-16-31(28)41-32/h1-21H. The molecule has 190 valence electrons. The molecule has 3 nitrogen and oxygen atoms in total. The average molecular weight is 540 g/mol. The van der Waals surface area contributed by atoms with Crippen molar-refractivity contribution in [1.29, 1.82) is 0 Å². The van der Waals surface area contributed by atoms with Gasteiger partial charge in [0.2, 0.25) is 0 Å². The smallest absolute Gasteiger partial charge is 0.180 e. The third-order valence-corrected chi connectivity index (χ3v) is 9.18. The van der Waals surface area contributed by atoms with E-state index in [1.54, 1.807) is 0 Å². The largest absolute Gasteiger partial charge is 0.244 e. The SMILES string of the molecule is c1ccc2cc(-c3nc(-c4nc5ccccc5c5ccc6sc7ccccc7c6c45)nc4ccccc34)ccc2c1. The summed E-state index contributed by atoms with van der Waals surface area (Å²) in [5.74, 6) is 0.644. The van der Waals surface area contributed by atoms with E-state index in [0.717, 1.165) is 44.1 Å². The molecule has 0 radical (unpaired) electrons. The monoisotopic (exact) mass is 539 g/mol. The lowest BCUT2D eigenvalue weighted by Gasteiger charge is -2.13. The Morgan fingerprint density at radius 1 is 0.415 bits per heavy atom. The second kappa shape index (κ2) is 8.65. The van der Waals surface area contributed by atoms with E-state index in [4.69, 9.17) is 15.0 Å². The Morgan fingerprint density at radius 2 is 1.12 bits per heavy atom. The lowest BCUT2D eigenvalue weighted by Crippen LogP contribution is -1.98. The highest BCUT2D eigenvalue weighted by molar-refractivity contribution is 7.26. The molecule has 3 heterocycles. The van der Waals surface area contributed by atoms with Gasteiger partial charge in [-0.3, -0.25) is 0 Å². The van der Waals surface area contributed by atoms with Crippen molar-refractivity contribution in [2.24, 2.45) is 0 Å². The van der Waals surface area contributed by atoms with Crippen LogP contribution in [0.25, 0.3) is 86.3 Å². The van der Waals surface area contributed by atoms with Crippen LogP contribution in [-0.2, 0) is 0 Å². The zero-order valence-corrected chi connectivity index (χ0v) is 22.7. The van der Waals surface area contributed by atoms with Gasteiger partial charge in [-0.25, -0.2) is 15.0 Å². The molecule has 0 aliphatic carbocycles. The molecule has 0 amide bonds. The number of nitrogens with zero attached hydrogens (tertiary/aromatic N) is 3. The number of rotatable bonds is 2. The fraction of sp³-hybridized carbons (Fsp3) is 0. The molecular formula is C37H21N3S. The molecule has 0 N–H and O–H groups in total. The number of hydrogen-bond donors (Lipinski definition) is 0. The Bertz CT molecular complexity index is 2490. The van der Waals surface area contributed by atoms with Crippen LogP contribution >= 0.6 is 11.3 Å². The Hall–Kier alpha value is -5.19. The zero-order chi connectivity index (χ0) is 26.9. The molecule has 0 aliphatic rings. The highest BCUT2D eigenvalue weighted by Gasteiger charge is 2.20. The van der Waals surface area contributed by atoms with Gasteiger partial charge >= 0.3 is 0 Å². The summed E-state index contributed by atoms with van der Waals surface area (Å²) in [6.07, 6.45) is 0. The third kappa shape index (κ3) is 3.41. The molecular weight excluding hydrogens is 518 g/mol. The molecule has 9 aromatic rings. The predicted octanol–water partition coefficient (Wildman–Crippen LogP) is 10.2. The maximum Gasteiger partial charge on any atom is 0.180 e. The van der Waals surface area contributed by atoms with Crippen LogP contribution < -0.4 is 0 Å². The van der Waals surface area contributed by atoms with Gasteiger partial charge in [-0.2, -0.15) is 0 Å². The van der Waals surface area contributed by atoms with Crippen LogP contribution in [0.15, 0.2) is 127 Å². The Morgan fingerprint density at radius 3 is 2.00 bits per heavy atom. The highest BCUT2D eigenvalue weighted by Crippen LogP contribution is 2.43. The van der Waals surface area contributed by atoms with E-state index in [0.29, 0.717) is 5.82 Å². The van der Waals surface area contributed by atoms with Crippen LogP contribution in [0.1, 0.15) is 0 Å². The zero-order valence-electron chi connectivity index (χ0n) is 21.9. The summed E-state index contributed by atoms with van der Waals surface area (Å²) in [6, 6.07) is 44.8. The van der Waals surface area contributed by atoms with E-state index in [2.05, 4.69) is 115 Å². The second-order valence-corrected chi connectivity index (χ2v) is 11.5. The second-order valence-electron chi connectivity index (χ2n) is 10.4. The average Bonchev–Trinajstić information content (AvgIpc) is 3.42. The van der Waals surface area contributed by atoms with Gasteiger partial charge in [-0.05, 0) is 46.5 Å². The minimum Gasteiger partial charge on any atom is -0.244 e. The highest BCUT2D eigenvalue weighted by atomic mass is 32.1. The van der Waals surface area contributed by atoms with Gasteiger partial charge in [0.25, 0.3) is 0 Å². The van der Waals surface area contributed by atoms with Crippen molar-refractivity contribution in [2.45, 2.75) is 0 Å². The van der Waals surface area contributed by atoms with Crippen molar-refractivity contribution in [2.75, 3.05) is 0 Å². The summed E-state index contributed by atoms with van der Waals surface area (Å²) in [5.41, 5.74) is 4.66. The molecule has 4 heteroatoms. The van der Waals surface area contributed by atoms with Crippen molar-refractivity contribution in [1.82, 2.24) is 15.0 Å².